The average Bonchev–Trinajstić information content (AvgIpc) is 2.24. The van der Waals surface area contributed by atoms with Crippen LogP contribution in [0.4, 0.5) is 0 Å². The Morgan fingerprint density at radius 1 is 1.67 bits per heavy atom. The van der Waals surface area contributed by atoms with Crippen LogP contribution in [0, 0.1) is 0 Å². The summed E-state index contributed by atoms with van der Waals surface area (Å²) in [6.07, 6.45) is 2.79. The molecule has 5 nitrogen and oxygen atoms in total. The van der Waals surface area contributed by atoms with E-state index in [-0.39, 0.29) is 18.1 Å². The highest BCUT2D eigenvalue weighted by molar-refractivity contribution is 5.75. The number of nitrogens with one attached hydrogen (secondary N) is 2. The van der Waals surface area contributed by atoms with Gasteiger partial charge in [-0.25, -0.2) is 4.79 Å². The van der Waals surface area contributed by atoms with Crippen molar-refractivity contribution in [2.75, 3.05) is 13.1 Å². The van der Waals surface area contributed by atoms with Gasteiger partial charge in [0.15, 0.2) is 0 Å². The number of aliphatic hydroxyl groups excluding tert-OH is 1. The molecule has 0 bridgehead atoms. The van der Waals surface area contributed by atoms with Gasteiger partial charge in [0.2, 0.25) is 0 Å². The normalized spacial score (nSPS) is 26.3. The van der Waals surface area contributed by atoms with Gasteiger partial charge in [-0.2, -0.15) is 5.48 Å². The van der Waals surface area contributed by atoms with Crippen LogP contribution < -0.4 is 10.8 Å². The van der Waals surface area contributed by atoms with Crippen LogP contribution in [0.5, 0.6) is 0 Å². The molecule has 0 aromatic rings. The van der Waals surface area contributed by atoms with E-state index in [0.29, 0.717) is 25.9 Å². The molecule has 1 heterocycles. The highest BCUT2D eigenvalue weighted by atomic mass is 16.7. The molecular formula is C10H20N2O3. The SMILES string of the molecule is CCCCNOC(=O)[C@@H]1C[C@H](O)CCN1. The molecule has 1 aliphatic heterocycles. The molecule has 88 valence electrons. The van der Waals surface area contributed by atoms with E-state index in [1.165, 1.54) is 0 Å². The van der Waals surface area contributed by atoms with Gasteiger partial charge in [-0.3, -0.25) is 0 Å². The summed E-state index contributed by atoms with van der Waals surface area (Å²) >= 11 is 0. The summed E-state index contributed by atoms with van der Waals surface area (Å²) in [5, 5.41) is 12.4. The maximum absolute atomic E-state index is 11.4. The van der Waals surface area contributed by atoms with E-state index in [1.54, 1.807) is 0 Å². The number of hydrogen-bond acceptors (Lipinski definition) is 5. The van der Waals surface area contributed by atoms with Crippen LogP contribution in [0.2, 0.25) is 0 Å². The van der Waals surface area contributed by atoms with Crippen LogP contribution in [0.1, 0.15) is 32.6 Å². The maximum atomic E-state index is 11.4. The third-order valence-corrected chi connectivity index (χ3v) is 2.47. The van der Waals surface area contributed by atoms with Crippen LogP contribution in [0.25, 0.3) is 0 Å². The summed E-state index contributed by atoms with van der Waals surface area (Å²) in [6.45, 7) is 3.41. The molecule has 1 rings (SSSR count). The first-order valence-corrected chi connectivity index (χ1v) is 5.59. The molecule has 0 saturated carbocycles. The Bertz CT molecular complexity index is 199. The fourth-order valence-electron chi connectivity index (χ4n) is 1.52. The monoisotopic (exact) mass is 216 g/mol. The molecule has 1 fully saturated rings. The molecular weight excluding hydrogens is 196 g/mol. The lowest BCUT2D eigenvalue weighted by Gasteiger charge is -2.25. The number of carbonyl (C=O) groups is 1. The second-order valence-corrected chi connectivity index (χ2v) is 3.85. The zero-order chi connectivity index (χ0) is 11.1. The Kier molecular flexibility index (Phi) is 5.60. The average molecular weight is 216 g/mol. The Balaban J connectivity index is 2.15. The Labute approximate surface area is 90.1 Å². The Hall–Kier alpha value is -0.650. The van der Waals surface area contributed by atoms with Crippen LogP contribution >= 0.6 is 0 Å². The number of piperidine rings is 1. The smallest absolute Gasteiger partial charge is 0.341 e. The fraction of sp³-hybridized carbons (Fsp3) is 0.900. The second kappa shape index (κ2) is 6.76. The van der Waals surface area contributed by atoms with Crippen molar-refractivity contribution in [1.82, 2.24) is 10.8 Å². The summed E-state index contributed by atoms with van der Waals surface area (Å²) in [5.74, 6) is -0.329. The molecule has 5 heteroatoms. The minimum absolute atomic E-state index is 0.329. The number of hydroxylamine groups is 1. The van der Waals surface area contributed by atoms with Crippen molar-refractivity contribution in [3.63, 3.8) is 0 Å². The molecule has 3 N–H and O–H groups in total. The molecule has 0 aromatic heterocycles. The minimum atomic E-state index is -0.389. The zero-order valence-corrected chi connectivity index (χ0v) is 9.16. The first-order chi connectivity index (χ1) is 7.24. The van der Waals surface area contributed by atoms with Gasteiger partial charge in [0, 0.05) is 6.54 Å². The fourth-order valence-corrected chi connectivity index (χ4v) is 1.52. The van der Waals surface area contributed by atoms with E-state index in [1.807, 2.05) is 0 Å². The maximum Gasteiger partial charge on any atom is 0.341 e. The molecule has 2 atom stereocenters. The lowest BCUT2D eigenvalue weighted by Crippen LogP contribution is -2.47. The number of hydrogen-bond donors (Lipinski definition) is 3. The van der Waals surface area contributed by atoms with Crippen LogP contribution in [-0.4, -0.2) is 36.3 Å². The first-order valence-electron chi connectivity index (χ1n) is 5.59. The summed E-state index contributed by atoms with van der Waals surface area (Å²) < 4.78 is 0. The van der Waals surface area contributed by atoms with E-state index in [4.69, 9.17) is 4.84 Å². The molecule has 0 amide bonds. The quantitative estimate of drug-likeness (QED) is 0.444. The molecule has 0 spiro atoms. The van der Waals surface area contributed by atoms with Gasteiger partial charge in [0.25, 0.3) is 0 Å². The second-order valence-electron chi connectivity index (χ2n) is 3.85. The molecule has 15 heavy (non-hydrogen) atoms. The van der Waals surface area contributed by atoms with Crippen LogP contribution in [0.3, 0.4) is 0 Å². The Morgan fingerprint density at radius 3 is 3.13 bits per heavy atom. The van der Waals surface area contributed by atoms with E-state index in [0.717, 1.165) is 12.8 Å². The Morgan fingerprint density at radius 2 is 2.47 bits per heavy atom. The van der Waals surface area contributed by atoms with Crippen molar-refractivity contribution >= 4 is 5.97 Å². The number of carbonyl (C=O) groups excluding carboxylic acids is 1. The van der Waals surface area contributed by atoms with Gasteiger partial charge in [-0.05, 0) is 25.8 Å². The van der Waals surface area contributed by atoms with Crippen molar-refractivity contribution in [1.29, 1.82) is 0 Å². The lowest BCUT2D eigenvalue weighted by molar-refractivity contribution is -0.155. The van der Waals surface area contributed by atoms with E-state index in [2.05, 4.69) is 17.7 Å². The van der Waals surface area contributed by atoms with Crippen molar-refractivity contribution in [2.45, 2.75) is 44.8 Å². The van der Waals surface area contributed by atoms with E-state index >= 15 is 0 Å². The van der Waals surface area contributed by atoms with Gasteiger partial charge in [-0.1, -0.05) is 13.3 Å². The largest absolute Gasteiger partial charge is 0.393 e. The zero-order valence-electron chi connectivity index (χ0n) is 9.16. The van der Waals surface area contributed by atoms with Crippen LogP contribution in [0.15, 0.2) is 0 Å². The highest BCUT2D eigenvalue weighted by Crippen LogP contribution is 2.08. The van der Waals surface area contributed by atoms with Gasteiger partial charge in [0.05, 0.1) is 6.10 Å². The third kappa shape index (κ3) is 4.59. The summed E-state index contributed by atoms with van der Waals surface area (Å²) in [6, 6.07) is -0.372. The van der Waals surface area contributed by atoms with E-state index in [9.17, 15) is 9.90 Å². The lowest BCUT2D eigenvalue weighted by atomic mass is 10.0. The molecule has 0 aromatic carbocycles. The van der Waals surface area contributed by atoms with Gasteiger partial charge < -0.3 is 15.3 Å². The van der Waals surface area contributed by atoms with Crippen molar-refractivity contribution in [3.8, 4) is 0 Å². The van der Waals surface area contributed by atoms with Crippen molar-refractivity contribution in [2.24, 2.45) is 0 Å². The van der Waals surface area contributed by atoms with Crippen molar-refractivity contribution in [3.05, 3.63) is 0 Å². The van der Waals surface area contributed by atoms with Gasteiger partial charge >= 0.3 is 5.97 Å². The third-order valence-electron chi connectivity index (χ3n) is 2.47. The first kappa shape index (κ1) is 12.4. The number of rotatable bonds is 5. The summed E-state index contributed by atoms with van der Waals surface area (Å²) in [5.41, 5.74) is 2.63. The summed E-state index contributed by atoms with van der Waals surface area (Å²) in [4.78, 5) is 16.3. The number of unbranched alkanes of at least 4 members (excludes halogenated alkanes) is 1. The minimum Gasteiger partial charge on any atom is -0.393 e. The standard InChI is InChI=1S/C10H20N2O3/c1-2-3-5-12-15-10(14)9-7-8(13)4-6-11-9/h8-9,11-13H,2-7H2,1H3/t8-,9+/m1/s1. The van der Waals surface area contributed by atoms with Crippen molar-refractivity contribution < 1.29 is 14.7 Å². The number of aliphatic hydroxyl groups is 1. The van der Waals surface area contributed by atoms with E-state index < -0.39 is 0 Å². The van der Waals surface area contributed by atoms with Gasteiger partial charge in [-0.15, -0.1) is 0 Å². The molecule has 0 unspecified atom stereocenters. The summed E-state index contributed by atoms with van der Waals surface area (Å²) in [7, 11) is 0. The molecule has 1 saturated heterocycles. The molecule has 0 aliphatic carbocycles. The predicted molar refractivity (Wildman–Crippen MR) is 56.0 cm³/mol. The topological polar surface area (TPSA) is 70.6 Å². The van der Waals surface area contributed by atoms with Gasteiger partial charge in [0.1, 0.15) is 6.04 Å². The highest BCUT2D eigenvalue weighted by Gasteiger charge is 2.26. The predicted octanol–water partition coefficient (Wildman–Crippen LogP) is -0.0528. The molecule has 0 radical (unpaired) electrons. The molecule has 1 aliphatic rings. The van der Waals surface area contributed by atoms with Crippen LogP contribution in [-0.2, 0) is 9.63 Å².